The van der Waals surface area contributed by atoms with Crippen molar-refractivity contribution in [1.29, 1.82) is 0 Å². The van der Waals surface area contributed by atoms with Gasteiger partial charge in [-0.25, -0.2) is 0 Å². The molecule has 0 spiro atoms. The number of aliphatic hydroxyl groups excluding tert-OH is 4. The molecule has 4 N–H and O–H groups in total. The maximum absolute atomic E-state index is 12.8. The third kappa shape index (κ3) is 4.27. The Balaban J connectivity index is 1.54. The highest BCUT2D eigenvalue weighted by Gasteiger charge is 2.44. The largest absolute Gasteiger partial charge is 0.497 e. The molecule has 0 saturated carbocycles. The molecule has 3 aromatic rings. The Morgan fingerprint density at radius 2 is 1.62 bits per heavy atom. The van der Waals surface area contributed by atoms with Crippen LogP contribution in [0.3, 0.4) is 0 Å². The summed E-state index contributed by atoms with van der Waals surface area (Å²) in [5, 5.41) is 39.4. The van der Waals surface area contributed by atoms with Crippen molar-refractivity contribution in [3.05, 3.63) is 59.0 Å². The highest BCUT2D eigenvalue weighted by Crippen LogP contribution is 2.28. The van der Waals surface area contributed by atoms with Gasteiger partial charge in [0, 0.05) is 6.07 Å². The van der Waals surface area contributed by atoms with E-state index in [1.807, 2.05) is 0 Å². The summed E-state index contributed by atoms with van der Waals surface area (Å²) in [5.41, 5.74) is -0.208. The van der Waals surface area contributed by atoms with Crippen molar-refractivity contribution >= 4 is 11.0 Å². The monoisotopic (exact) mass is 446 g/mol. The summed E-state index contributed by atoms with van der Waals surface area (Å²) >= 11 is 0. The second kappa shape index (κ2) is 9.15. The molecule has 4 rings (SSSR count). The van der Waals surface area contributed by atoms with E-state index in [-0.39, 0.29) is 22.5 Å². The number of methoxy groups -OCH3 is 1. The second-order valence-electron chi connectivity index (χ2n) is 7.18. The molecule has 1 saturated heterocycles. The summed E-state index contributed by atoms with van der Waals surface area (Å²) < 4.78 is 27.1. The lowest BCUT2D eigenvalue weighted by Gasteiger charge is -2.39. The Kier molecular flexibility index (Phi) is 6.31. The molecule has 0 bridgehead atoms. The predicted octanol–water partition coefficient (Wildman–Crippen LogP) is 0.773. The molecule has 1 aliphatic rings. The molecule has 0 amide bonds. The topological polar surface area (TPSA) is 148 Å². The molecular formula is C22H22O10. The molecule has 170 valence electrons. The van der Waals surface area contributed by atoms with Crippen LogP contribution in [0.4, 0.5) is 0 Å². The Bertz CT molecular complexity index is 1120. The van der Waals surface area contributed by atoms with E-state index in [9.17, 15) is 25.2 Å². The van der Waals surface area contributed by atoms with Crippen LogP contribution in [-0.2, 0) is 4.74 Å². The third-order valence-corrected chi connectivity index (χ3v) is 5.10. The average Bonchev–Trinajstić information content (AvgIpc) is 2.81. The molecule has 10 heteroatoms. The van der Waals surface area contributed by atoms with Crippen molar-refractivity contribution in [3.8, 4) is 23.0 Å². The van der Waals surface area contributed by atoms with Gasteiger partial charge in [-0.05, 0) is 36.4 Å². The van der Waals surface area contributed by atoms with Crippen molar-refractivity contribution < 1.29 is 43.8 Å². The molecule has 32 heavy (non-hydrogen) atoms. The predicted molar refractivity (Wildman–Crippen MR) is 110 cm³/mol. The van der Waals surface area contributed by atoms with Gasteiger partial charge < -0.3 is 43.8 Å². The SMILES string of the molecule is COc1ccc(Oc2coc3cc(O[C@@H]4O[C@H](CO)[C@H](O)[C@H](O)[C@H]4O)ccc3c2=O)cc1. The van der Waals surface area contributed by atoms with Crippen LogP contribution in [0.2, 0.25) is 0 Å². The number of hydrogen-bond donors (Lipinski definition) is 4. The lowest BCUT2D eigenvalue weighted by atomic mass is 9.99. The van der Waals surface area contributed by atoms with Gasteiger partial charge in [0.25, 0.3) is 0 Å². The van der Waals surface area contributed by atoms with Gasteiger partial charge >= 0.3 is 0 Å². The molecule has 0 aliphatic carbocycles. The van der Waals surface area contributed by atoms with Crippen LogP contribution in [0.5, 0.6) is 23.0 Å². The van der Waals surface area contributed by atoms with E-state index in [4.69, 9.17) is 23.4 Å². The molecule has 1 aliphatic heterocycles. The first-order valence-electron chi connectivity index (χ1n) is 9.76. The fourth-order valence-electron chi connectivity index (χ4n) is 3.30. The summed E-state index contributed by atoms with van der Waals surface area (Å²) in [5.74, 6) is 1.24. The van der Waals surface area contributed by atoms with Gasteiger partial charge in [0.1, 0.15) is 53.5 Å². The maximum Gasteiger partial charge on any atom is 0.235 e. The zero-order valence-corrected chi connectivity index (χ0v) is 17.0. The lowest BCUT2D eigenvalue weighted by molar-refractivity contribution is -0.277. The standard InChI is InChI=1S/C22H22O10/c1-28-11-2-4-12(5-3-11)30-17-10-29-15-8-13(6-7-14(15)18(17)24)31-22-21(27)20(26)19(25)16(9-23)32-22/h2-8,10,16,19-23,25-27H,9H2,1H3/t16-,19+,20+,21-,22-/m1/s1. The highest BCUT2D eigenvalue weighted by molar-refractivity contribution is 5.79. The summed E-state index contributed by atoms with van der Waals surface area (Å²) in [7, 11) is 1.54. The molecular weight excluding hydrogens is 424 g/mol. The van der Waals surface area contributed by atoms with Crippen LogP contribution in [0.15, 0.2) is 57.9 Å². The van der Waals surface area contributed by atoms with Crippen LogP contribution >= 0.6 is 0 Å². The van der Waals surface area contributed by atoms with E-state index in [0.29, 0.717) is 11.5 Å². The Morgan fingerprint density at radius 3 is 2.31 bits per heavy atom. The van der Waals surface area contributed by atoms with Gasteiger partial charge in [0.15, 0.2) is 0 Å². The number of aliphatic hydroxyl groups is 4. The first-order chi connectivity index (χ1) is 15.4. The maximum atomic E-state index is 12.8. The van der Waals surface area contributed by atoms with Crippen molar-refractivity contribution in [2.45, 2.75) is 30.7 Å². The van der Waals surface area contributed by atoms with E-state index < -0.39 is 42.7 Å². The first kappa shape index (κ1) is 22.1. The number of benzene rings is 2. The quantitative estimate of drug-likeness (QED) is 0.428. The van der Waals surface area contributed by atoms with Crippen LogP contribution < -0.4 is 19.6 Å². The molecule has 1 aromatic heterocycles. The van der Waals surface area contributed by atoms with E-state index in [1.165, 1.54) is 24.5 Å². The molecule has 2 aromatic carbocycles. The zero-order chi connectivity index (χ0) is 22.8. The number of hydrogen-bond acceptors (Lipinski definition) is 10. The first-order valence-corrected chi connectivity index (χ1v) is 9.76. The highest BCUT2D eigenvalue weighted by atomic mass is 16.7. The Morgan fingerprint density at radius 1 is 0.938 bits per heavy atom. The van der Waals surface area contributed by atoms with Gasteiger partial charge in [-0.3, -0.25) is 4.79 Å². The molecule has 5 atom stereocenters. The lowest BCUT2D eigenvalue weighted by Crippen LogP contribution is -2.60. The minimum Gasteiger partial charge on any atom is -0.497 e. The fraction of sp³-hybridized carbons (Fsp3) is 0.318. The van der Waals surface area contributed by atoms with Crippen LogP contribution in [-0.4, -0.2) is 64.8 Å². The van der Waals surface area contributed by atoms with Gasteiger partial charge in [0.05, 0.1) is 19.1 Å². The van der Waals surface area contributed by atoms with Gasteiger partial charge in [0.2, 0.25) is 17.5 Å². The smallest absolute Gasteiger partial charge is 0.235 e. The number of ether oxygens (including phenoxy) is 4. The van der Waals surface area contributed by atoms with Gasteiger partial charge in [-0.15, -0.1) is 0 Å². The summed E-state index contributed by atoms with van der Waals surface area (Å²) in [6, 6.07) is 11.0. The van der Waals surface area contributed by atoms with E-state index in [2.05, 4.69) is 0 Å². The van der Waals surface area contributed by atoms with Crippen molar-refractivity contribution in [2.24, 2.45) is 0 Å². The molecule has 2 heterocycles. The van der Waals surface area contributed by atoms with Gasteiger partial charge in [-0.2, -0.15) is 0 Å². The zero-order valence-electron chi connectivity index (χ0n) is 17.0. The minimum absolute atomic E-state index is 0.00901. The normalized spacial score (nSPS) is 25.5. The fourth-order valence-corrected chi connectivity index (χ4v) is 3.30. The number of rotatable bonds is 6. The van der Waals surface area contributed by atoms with Crippen LogP contribution in [0.25, 0.3) is 11.0 Å². The van der Waals surface area contributed by atoms with Crippen LogP contribution in [0.1, 0.15) is 0 Å². The van der Waals surface area contributed by atoms with Crippen molar-refractivity contribution in [3.63, 3.8) is 0 Å². The summed E-state index contributed by atoms with van der Waals surface area (Å²) in [6.45, 7) is -0.575. The number of fused-ring (bicyclic) bond motifs is 1. The van der Waals surface area contributed by atoms with Crippen molar-refractivity contribution in [1.82, 2.24) is 0 Å². The molecule has 1 fully saturated rings. The minimum atomic E-state index is -1.57. The Labute approximate surface area is 181 Å². The van der Waals surface area contributed by atoms with Crippen molar-refractivity contribution in [2.75, 3.05) is 13.7 Å². The Hall–Kier alpha value is -3.15. The molecule has 10 nitrogen and oxygen atoms in total. The van der Waals surface area contributed by atoms with Gasteiger partial charge in [-0.1, -0.05) is 0 Å². The van der Waals surface area contributed by atoms with E-state index in [0.717, 1.165) is 0 Å². The summed E-state index contributed by atoms with van der Waals surface area (Å²) in [6.07, 6.45) is -5.90. The van der Waals surface area contributed by atoms with E-state index in [1.54, 1.807) is 31.4 Å². The molecule has 0 unspecified atom stereocenters. The van der Waals surface area contributed by atoms with E-state index >= 15 is 0 Å². The molecule has 0 radical (unpaired) electrons. The van der Waals surface area contributed by atoms with Crippen LogP contribution in [0, 0.1) is 0 Å². The average molecular weight is 446 g/mol. The third-order valence-electron chi connectivity index (χ3n) is 5.10. The second-order valence-corrected chi connectivity index (χ2v) is 7.18. The summed E-state index contributed by atoms with van der Waals surface area (Å²) in [4.78, 5) is 12.8.